The van der Waals surface area contributed by atoms with Crippen molar-refractivity contribution in [2.24, 2.45) is 11.0 Å². The maximum Gasteiger partial charge on any atom is 0.0650 e. The van der Waals surface area contributed by atoms with Crippen LogP contribution in [0.5, 0.6) is 0 Å². The summed E-state index contributed by atoms with van der Waals surface area (Å²) in [4.78, 5) is 2.63. The van der Waals surface area contributed by atoms with E-state index in [0.29, 0.717) is 6.10 Å². The molecule has 2 aliphatic rings. The van der Waals surface area contributed by atoms with Crippen molar-refractivity contribution >= 4 is 0 Å². The lowest BCUT2D eigenvalue weighted by atomic mass is 9.85. The van der Waals surface area contributed by atoms with E-state index in [9.17, 15) is 5.11 Å². The molecule has 2 heterocycles. The quantitative estimate of drug-likeness (QED) is 0.405. The van der Waals surface area contributed by atoms with E-state index >= 15 is 0 Å². The highest BCUT2D eigenvalue weighted by Crippen LogP contribution is 2.40. The Morgan fingerprint density at radius 3 is 3.00 bits per heavy atom. The van der Waals surface area contributed by atoms with Gasteiger partial charge in [0.1, 0.15) is 0 Å². The Balaban J connectivity index is 1.90. The third kappa shape index (κ3) is 1.63. The van der Waals surface area contributed by atoms with Gasteiger partial charge in [0.05, 0.1) is 24.9 Å². The Morgan fingerprint density at radius 1 is 1.62 bits per heavy atom. The molecule has 0 amide bonds. The molecular weight excluding hydrogens is 170 g/mol. The Bertz CT molecular complexity index is 240. The first-order valence-corrected chi connectivity index (χ1v) is 4.65. The molecule has 0 aromatic heterocycles. The third-order valence-electron chi connectivity index (χ3n) is 2.98. The summed E-state index contributed by atoms with van der Waals surface area (Å²) in [5.74, 6) is 0.184. The average Bonchev–Trinajstić information content (AvgIpc) is 2.74. The molecule has 2 fully saturated rings. The van der Waals surface area contributed by atoms with Crippen LogP contribution in [0.15, 0.2) is 5.11 Å². The number of hydrogen-bond acceptors (Lipinski definition) is 3. The van der Waals surface area contributed by atoms with E-state index in [0.717, 1.165) is 19.3 Å². The van der Waals surface area contributed by atoms with Crippen LogP contribution in [0.3, 0.4) is 0 Å². The Kier molecular flexibility index (Phi) is 2.40. The third-order valence-corrected chi connectivity index (χ3v) is 2.98. The standard InChI is InChI=1S/C8H13N3O2/c9-11-10-4-7(12)6-3-5-1-2-8(6)13-5/h5-8,12H,1-4H2/t5?,6?,7-,8?/m1/s1. The van der Waals surface area contributed by atoms with Crippen molar-refractivity contribution in [2.45, 2.75) is 37.6 Å². The molecule has 2 bridgehead atoms. The van der Waals surface area contributed by atoms with Gasteiger partial charge in [0.2, 0.25) is 0 Å². The number of ether oxygens (including phenoxy) is 1. The molecule has 4 atom stereocenters. The van der Waals surface area contributed by atoms with Gasteiger partial charge >= 0.3 is 0 Å². The highest BCUT2D eigenvalue weighted by molar-refractivity contribution is 4.93. The highest BCUT2D eigenvalue weighted by Gasteiger charge is 2.43. The summed E-state index contributed by atoms with van der Waals surface area (Å²) in [7, 11) is 0. The second kappa shape index (κ2) is 3.54. The molecule has 3 unspecified atom stereocenters. The molecule has 0 saturated carbocycles. The largest absolute Gasteiger partial charge is 0.393 e. The van der Waals surface area contributed by atoms with Gasteiger partial charge < -0.3 is 9.84 Å². The summed E-state index contributed by atoms with van der Waals surface area (Å²) in [5.41, 5.74) is 8.11. The molecule has 0 aromatic carbocycles. The summed E-state index contributed by atoms with van der Waals surface area (Å²) >= 11 is 0. The van der Waals surface area contributed by atoms with Crippen LogP contribution >= 0.6 is 0 Å². The second-order valence-corrected chi connectivity index (χ2v) is 3.75. The molecular formula is C8H13N3O2. The fourth-order valence-corrected chi connectivity index (χ4v) is 2.34. The number of aliphatic hydroxyl groups excluding tert-OH is 1. The van der Waals surface area contributed by atoms with Gasteiger partial charge in [0, 0.05) is 10.8 Å². The van der Waals surface area contributed by atoms with Crippen molar-refractivity contribution in [1.29, 1.82) is 0 Å². The molecule has 0 spiro atoms. The number of fused-ring (bicyclic) bond motifs is 2. The lowest BCUT2D eigenvalue weighted by Crippen LogP contribution is -2.31. The number of azide groups is 1. The highest BCUT2D eigenvalue weighted by atomic mass is 16.5. The van der Waals surface area contributed by atoms with Gasteiger partial charge in [-0.3, -0.25) is 0 Å². The van der Waals surface area contributed by atoms with Gasteiger partial charge in [-0.1, -0.05) is 5.11 Å². The summed E-state index contributed by atoms with van der Waals surface area (Å²) in [6.07, 6.45) is 3.11. The zero-order valence-electron chi connectivity index (χ0n) is 7.33. The van der Waals surface area contributed by atoms with Crippen LogP contribution < -0.4 is 0 Å². The predicted octanol–water partition coefficient (Wildman–Crippen LogP) is 1.23. The van der Waals surface area contributed by atoms with Crippen LogP contribution in [-0.2, 0) is 4.74 Å². The van der Waals surface area contributed by atoms with Crippen molar-refractivity contribution in [2.75, 3.05) is 6.54 Å². The van der Waals surface area contributed by atoms with Crippen LogP contribution in [0.25, 0.3) is 10.4 Å². The lowest BCUT2D eigenvalue weighted by molar-refractivity contribution is 0.0469. The molecule has 5 nitrogen and oxygen atoms in total. The molecule has 0 radical (unpaired) electrons. The molecule has 5 heteroatoms. The first-order valence-electron chi connectivity index (χ1n) is 4.65. The van der Waals surface area contributed by atoms with Gasteiger partial charge in [-0.2, -0.15) is 0 Å². The van der Waals surface area contributed by atoms with E-state index in [1.54, 1.807) is 0 Å². The monoisotopic (exact) mass is 183 g/mol. The molecule has 2 saturated heterocycles. The zero-order valence-corrected chi connectivity index (χ0v) is 7.33. The van der Waals surface area contributed by atoms with E-state index in [1.807, 2.05) is 0 Å². The van der Waals surface area contributed by atoms with E-state index < -0.39 is 6.10 Å². The van der Waals surface area contributed by atoms with Gasteiger partial charge in [0.15, 0.2) is 0 Å². The SMILES string of the molecule is [N-]=[N+]=NC[C@@H](O)C1CC2CCC1O2. The van der Waals surface area contributed by atoms with Crippen molar-refractivity contribution in [3.05, 3.63) is 10.4 Å². The van der Waals surface area contributed by atoms with E-state index in [2.05, 4.69) is 10.0 Å². The van der Waals surface area contributed by atoms with Crippen LogP contribution in [0.4, 0.5) is 0 Å². The number of rotatable bonds is 3. The topological polar surface area (TPSA) is 78.2 Å². The number of nitrogens with zero attached hydrogens (tertiary/aromatic N) is 3. The molecule has 0 aromatic rings. The summed E-state index contributed by atoms with van der Waals surface area (Å²) < 4.78 is 5.59. The van der Waals surface area contributed by atoms with Crippen molar-refractivity contribution in [1.82, 2.24) is 0 Å². The summed E-state index contributed by atoms with van der Waals surface area (Å²) in [6.45, 7) is 0.174. The number of aliphatic hydroxyl groups is 1. The average molecular weight is 183 g/mol. The Hall–Kier alpha value is -0.770. The van der Waals surface area contributed by atoms with Gasteiger partial charge in [-0.05, 0) is 24.8 Å². The van der Waals surface area contributed by atoms with E-state index in [1.165, 1.54) is 0 Å². The molecule has 13 heavy (non-hydrogen) atoms. The van der Waals surface area contributed by atoms with Crippen LogP contribution in [-0.4, -0.2) is 30.0 Å². The lowest BCUT2D eigenvalue weighted by Gasteiger charge is -2.22. The Labute approximate surface area is 76.3 Å². The predicted molar refractivity (Wildman–Crippen MR) is 46.0 cm³/mol. The molecule has 0 aliphatic carbocycles. The van der Waals surface area contributed by atoms with Crippen LogP contribution in [0, 0.1) is 5.92 Å². The minimum atomic E-state index is -0.522. The van der Waals surface area contributed by atoms with Crippen LogP contribution in [0.2, 0.25) is 0 Å². The summed E-state index contributed by atoms with van der Waals surface area (Å²) in [5, 5.41) is 13.0. The first-order chi connectivity index (χ1) is 6.31. The van der Waals surface area contributed by atoms with Crippen molar-refractivity contribution in [3.8, 4) is 0 Å². The minimum absolute atomic E-state index is 0.174. The maximum absolute atomic E-state index is 9.66. The van der Waals surface area contributed by atoms with Crippen molar-refractivity contribution in [3.63, 3.8) is 0 Å². The fraction of sp³-hybridized carbons (Fsp3) is 1.00. The van der Waals surface area contributed by atoms with Crippen molar-refractivity contribution < 1.29 is 9.84 Å². The maximum atomic E-state index is 9.66. The first kappa shape index (κ1) is 8.81. The number of hydrogen-bond donors (Lipinski definition) is 1. The molecule has 2 rings (SSSR count). The van der Waals surface area contributed by atoms with E-state index in [4.69, 9.17) is 10.3 Å². The molecule has 2 aliphatic heterocycles. The van der Waals surface area contributed by atoms with Gasteiger partial charge in [0.25, 0.3) is 0 Å². The second-order valence-electron chi connectivity index (χ2n) is 3.75. The van der Waals surface area contributed by atoms with E-state index in [-0.39, 0.29) is 18.6 Å². The molecule has 72 valence electrons. The van der Waals surface area contributed by atoms with Gasteiger partial charge in [-0.15, -0.1) is 0 Å². The van der Waals surface area contributed by atoms with Gasteiger partial charge in [-0.25, -0.2) is 0 Å². The smallest absolute Gasteiger partial charge is 0.0650 e. The normalized spacial score (nSPS) is 38.7. The Morgan fingerprint density at radius 2 is 2.46 bits per heavy atom. The molecule has 1 N–H and O–H groups in total. The fourth-order valence-electron chi connectivity index (χ4n) is 2.34. The van der Waals surface area contributed by atoms with Crippen LogP contribution in [0.1, 0.15) is 19.3 Å². The minimum Gasteiger partial charge on any atom is -0.393 e. The summed E-state index contributed by atoms with van der Waals surface area (Å²) in [6, 6.07) is 0. The zero-order chi connectivity index (χ0) is 9.26.